The van der Waals surface area contributed by atoms with Crippen LogP contribution in [-0.2, 0) is 17.0 Å². The van der Waals surface area contributed by atoms with Gasteiger partial charge in [-0.05, 0) is 42.0 Å². The summed E-state index contributed by atoms with van der Waals surface area (Å²) in [5.41, 5.74) is 1.49. The third-order valence-corrected chi connectivity index (χ3v) is 5.94. The normalized spacial score (nSPS) is 11.0. The zero-order chi connectivity index (χ0) is 21.1. The lowest BCUT2D eigenvalue weighted by Gasteiger charge is -2.13. The fourth-order valence-corrected chi connectivity index (χ4v) is 4.30. The Morgan fingerprint density at radius 2 is 2.03 bits per heavy atom. The maximum Gasteiger partial charge on any atom is 0.337 e. The van der Waals surface area contributed by atoms with Crippen LogP contribution in [0.4, 0.5) is 0 Å². The number of fused-ring (bicyclic) bond motifs is 1. The topological polar surface area (TPSA) is 74.3 Å². The zero-order valence-corrected chi connectivity index (χ0v) is 17.6. The minimum Gasteiger partial charge on any atom is -0.467 e. The number of thioether (sulfide) groups is 1. The summed E-state index contributed by atoms with van der Waals surface area (Å²) in [6.45, 7) is 0.248. The van der Waals surface area contributed by atoms with Crippen molar-refractivity contribution in [3.8, 4) is 0 Å². The largest absolute Gasteiger partial charge is 0.467 e. The van der Waals surface area contributed by atoms with Crippen LogP contribution in [0.3, 0.4) is 0 Å². The highest BCUT2D eigenvalue weighted by atomic mass is 35.5. The van der Waals surface area contributed by atoms with E-state index in [1.165, 1.54) is 18.9 Å². The molecule has 2 aromatic heterocycles. The van der Waals surface area contributed by atoms with Crippen molar-refractivity contribution in [2.45, 2.75) is 17.5 Å². The molecule has 0 saturated heterocycles. The summed E-state index contributed by atoms with van der Waals surface area (Å²) in [7, 11) is 1.31. The second kappa shape index (κ2) is 8.77. The molecule has 4 rings (SSSR count). The Bertz CT molecular complexity index is 1270. The van der Waals surface area contributed by atoms with Crippen molar-refractivity contribution in [1.82, 2.24) is 9.55 Å². The van der Waals surface area contributed by atoms with Gasteiger partial charge in [0.05, 0.1) is 36.4 Å². The van der Waals surface area contributed by atoms with E-state index in [0.717, 1.165) is 5.56 Å². The van der Waals surface area contributed by atoms with E-state index in [1.807, 2.05) is 24.3 Å². The first-order valence-corrected chi connectivity index (χ1v) is 10.4. The fourth-order valence-electron chi connectivity index (χ4n) is 3.01. The molecule has 0 unspecified atom stereocenters. The van der Waals surface area contributed by atoms with E-state index in [9.17, 15) is 9.59 Å². The number of ether oxygens (including phenoxy) is 1. The Morgan fingerprint density at radius 3 is 2.77 bits per heavy atom. The third kappa shape index (κ3) is 4.13. The van der Waals surface area contributed by atoms with Gasteiger partial charge in [0, 0.05) is 10.8 Å². The molecule has 0 aliphatic carbocycles. The molecule has 0 fully saturated rings. The standard InChI is InChI=1S/C22H17ClN2O4S/c1-28-21(27)14-8-9-17-19(11-14)24-22(30-13-15-5-2-3-7-18(15)23)25(20(17)26)12-16-6-4-10-29-16/h2-11H,12-13H2,1H3. The first-order valence-electron chi connectivity index (χ1n) is 9.08. The number of furan rings is 1. The number of methoxy groups -OCH3 is 1. The second-order valence-electron chi connectivity index (χ2n) is 6.47. The van der Waals surface area contributed by atoms with Crippen LogP contribution in [0.1, 0.15) is 21.7 Å². The van der Waals surface area contributed by atoms with Gasteiger partial charge >= 0.3 is 5.97 Å². The number of carbonyl (C=O) groups is 1. The van der Waals surface area contributed by atoms with Gasteiger partial charge in [-0.25, -0.2) is 9.78 Å². The average Bonchev–Trinajstić information content (AvgIpc) is 3.28. The summed E-state index contributed by atoms with van der Waals surface area (Å²) >= 11 is 7.67. The van der Waals surface area contributed by atoms with E-state index >= 15 is 0 Å². The van der Waals surface area contributed by atoms with E-state index in [0.29, 0.717) is 38.2 Å². The van der Waals surface area contributed by atoms with E-state index in [2.05, 4.69) is 4.98 Å². The highest BCUT2D eigenvalue weighted by Gasteiger charge is 2.16. The smallest absolute Gasteiger partial charge is 0.337 e. The number of benzene rings is 2. The fraction of sp³-hybridized carbons (Fsp3) is 0.136. The number of aromatic nitrogens is 2. The van der Waals surface area contributed by atoms with Gasteiger partial charge in [-0.3, -0.25) is 9.36 Å². The molecule has 0 spiro atoms. The van der Waals surface area contributed by atoms with Crippen LogP contribution in [0.5, 0.6) is 0 Å². The molecular weight excluding hydrogens is 424 g/mol. The quantitative estimate of drug-likeness (QED) is 0.244. The van der Waals surface area contributed by atoms with Gasteiger partial charge < -0.3 is 9.15 Å². The van der Waals surface area contributed by atoms with Crippen LogP contribution in [0, 0.1) is 0 Å². The number of hydrogen-bond acceptors (Lipinski definition) is 6. The van der Waals surface area contributed by atoms with Crippen molar-refractivity contribution in [2.75, 3.05) is 7.11 Å². The Balaban J connectivity index is 1.80. The monoisotopic (exact) mass is 440 g/mol. The Hall–Kier alpha value is -3.03. The van der Waals surface area contributed by atoms with E-state index < -0.39 is 5.97 Å². The number of rotatable bonds is 6. The lowest BCUT2D eigenvalue weighted by atomic mass is 10.1. The molecule has 0 aliphatic rings. The van der Waals surface area contributed by atoms with E-state index in [4.69, 9.17) is 20.8 Å². The maximum absolute atomic E-state index is 13.2. The third-order valence-electron chi connectivity index (χ3n) is 4.55. The minimum absolute atomic E-state index is 0.213. The van der Waals surface area contributed by atoms with Crippen LogP contribution in [0.25, 0.3) is 10.9 Å². The molecule has 0 bridgehead atoms. The lowest BCUT2D eigenvalue weighted by Crippen LogP contribution is -2.24. The summed E-state index contributed by atoms with van der Waals surface area (Å²) < 4.78 is 11.8. The molecule has 4 aromatic rings. The first-order chi connectivity index (χ1) is 14.6. The predicted molar refractivity (Wildman–Crippen MR) is 116 cm³/mol. The van der Waals surface area contributed by atoms with Crippen LogP contribution in [0.15, 0.2) is 75.2 Å². The van der Waals surface area contributed by atoms with Crippen molar-refractivity contribution in [1.29, 1.82) is 0 Å². The summed E-state index contributed by atoms with van der Waals surface area (Å²) in [5.74, 6) is 0.694. The summed E-state index contributed by atoms with van der Waals surface area (Å²) in [4.78, 5) is 29.8. The molecule has 30 heavy (non-hydrogen) atoms. The van der Waals surface area contributed by atoms with E-state index in [1.54, 1.807) is 41.2 Å². The molecule has 0 amide bonds. The SMILES string of the molecule is COC(=O)c1ccc2c(=O)n(Cc3ccco3)c(SCc3ccccc3Cl)nc2c1. The van der Waals surface area contributed by atoms with Crippen molar-refractivity contribution in [3.63, 3.8) is 0 Å². The molecule has 0 N–H and O–H groups in total. The Kier molecular flexibility index (Phi) is 5.92. The zero-order valence-electron chi connectivity index (χ0n) is 16.0. The van der Waals surface area contributed by atoms with E-state index in [-0.39, 0.29) is 12.1 Å². The molecule has 6 nitrogen and oxygen atoms in total. The molecule has 2 heterocycles. The van der Waals surface area contributed by atoms with Crippen LogP contribution in [-0.4, -0.2) is 22.6 Å². The molecule has 8 heteroatoms. The number of esters is 1. The van der Waals surface area contributed by atoms with Crippen molar-refractivity contribution >= 4 is 40.2 Å². The van der Waals surface area contributed by atoms with Crippen LogP contribution in [0.2, 0.25) is 5.02 Å². The molecule has 0 saturated carbocycles. The number of hydrogen-bond donors (Lipinski definition) is 0. The highest BCUT2D eigenvalue weighted by molar-refractivity contribution is 7.98. The summed E-state index contributed by atoms with van der Waals surface area (Å²) in [6, 6.07) is 15.8. The lowest BCUT2D eigenvalue weighted by molar-refractivity contribution is 0.0601. The molecule has 2 aromatic carbocycles. The predicted octanol–water partition coefficient (Wildman–Crippen LogP) is 4.77. The van der Waals surface area contributed by atoms with Gasteiger partial charge in [0.2, 0.25) is 0 Å². The van der Waals surface area contributed by atoms with Gasteiger partial charge in [-0.15, -0.1) is 0 Å². The minimum atomic E-state index is -0.483. The van der Waals surface area contributed by atoms with Gasteiger partial charge in [0.1, 0.15) is 5.76 Å². The first kappa shape index (κ1) is 20.3. The molecule has 0 atom stereocenters. The van der Waals surface area contributed by atoms with Crippen LogP contribution < -0.4 is 5.56 Å². The number of halogens is 1. The van der Waals surface area contributed by atoms with Crippen molar-refractivity contribution < 1.29 is 13.9 Å². The van der Waals surface area contributed by atoms with Gasteiger partial charge in [-0.2, -0.15) is 0 Å². The van der Waals surface area contributed by atoms with Gasteiger partial charge in [-0.1, -0.05) is 41.6 Å². The molecule has 0 radical (unpaired) electrons. The maximum atomic E-state index is 13.2. The van der Waals surface area contributed by atoms with Gasteiger partial charge in [0.15, 0.2) is 5.16 Å². The molecular formula is C22H17ClN2O4S. The Labute approximate surface area is 181 Å². The summed E-state index contributed by atoms with van der Waals surface area (Å²) in [6.07, 6.45) is 1.56. The molecule has 152 valence electrons. The highest BCUT2D eigenvalue weighted by Crippen LogP contribution is 2.27. The average molecular weight is 441 g/mol. The molecule has 0 aliphatic heterocycles. The summed E-state index contributed by atoms with van der Waals surface area (Å²) in [5, 5.41) is 1.57. The van der Waals surface area contributed by atoms with Gasteiger partial charge in [0.25, 0.3) is 5.56 Å². The number of carbonyl (C=O) groups excluding carboxylic acids is 1. The number of nitrogens with zero attached hydrogens (tertiary/aromatic N) is 2. The Morgan fingerprint density at radius 1 is 1.20 bits per heavy atom. The van der Waals surface area contributed by atoms with Crippen molar-refractivity contribution in [2.24, 2.45) is 0 Å². The van der Waals surface area contributed by atoms with Crippen molar-refractivity contribution in [3.05, 3.63) is 93.1 Å². The van der Waals surface area contributed by atoms with Crippen LogP contribution >= 0.6 is 23.4 Å². The second-order valence-corrected chi connectivity index (χ2v) is 7.82.